The molecule has 0 aromatic heterocycles. The number of halogens is 1. The fraction of sp³-hybridized carbons (Fsp3) is 0.263. The summed E-state index contributed by atoms with van der Waals surface area (Å²) in [5, 5.41) is 0.648. The average Bonchev–Trinajstić information content (AvgIpc) is 3.01. The van der Waals surface area contributed by atoms with Crippen molar-refractivity contribution in [3.63, 3.8) is 0 Å². The normalized spacial score (nSPS) is 22.7. The third kappa shape index (κ3) is 1.96. The van der Waals surface area contributed by atoms with Crippen molar-refractivity contribution in [1.29, 1.82) is 0 Å². The van der Waals surface area contributed by atoms with E-state index in [1.165, 1.54) is 5.56 Å². The minimum absolute atomic E-state index is 0.101. The molecule has 0 aliphatic carbocycles. The summed E-state index contributed by atoms with van der Waals surface area (Å²) in [6, 6.07) is 13.7. The van der Waals surface area contributed by atoms with Gasteiger partial charge in [0.05, 0.1) is 5.69 Å². The lowest BCUT2D eigenvalue weighted by atomic mass is 9.76. The predicted molar refractivity (Wildman–Crippen MR) is 94.0 cm³/mol. The van der Waals surface area contributed by atoms with Gasteiger partial charge in [-0.2, -0.15) is 0 Å². The second kappa shape index (κ2) is 4.93. The Morgan fingerprint density at radius 2 is 1.87 bits per heavy atom. The molecule has 1 saturated heterocycles. The van der Waals surface area contributed by atoms with Crippen LogP contribution in [0.4, 0.5) is 11.4 Å². The second-order valence-electron chi connectivity index (χ2n) is 6.31. The molecule has 0 N–H and O–H groups in total. The van der Waals surface area contributed by atoms with E-state index in [2.05, 4.69) is 4.99 Å². The number of hydrogen-bond acceptors (Lipinski definition) is 2. The lowest BCUT2D eigenvalue weighted by Crippen LogP contribution is -2.41. The van der Waals surface area contributed by atoms with E-state index in [0.29, 0.717) is 11.6 Å². The van der Waals surface area contributed by atoms with Gasteiger partial charge in [-0.15, -0.1) is 0 Å². The number of hydrogen-bond donors (Lipinski definition) is 0. The largest absolute Gasteiger partial charge is 0.311 e. The lowest BCUT2D eigenvalue weighted by molar-refractivity contribution is -0.119. The van der Waals surface area contributed by atoms with E-state index in [0.717, 1.165) is 29.1 Å². The zero-order chi connectivity index (χ0) is 16.2. The maximum atomic E-state index is 13.3. The number of benzene rings is 2. The van der Waals surface area contributed by atoms with Crippen LogP contribution in [0.5, 0.6) is 0 Å². The van der Waals surface area contributed by atoms with Crippen molar-refractivity contribution in [2.45, 2.75) is 25.7 Å². The Hall–Kier alpha value is -2.13. The van der Waals surface area contributed by atoms with Crippen LogP contribution in [0.2, 0.25) is 5.02 Å². The number of rotatable bonds is 1. The van der Waals surface area contributed by atoms with Crippen LogP contribution >= 0.6 is 11.6 Å². The molecule has 2 aliphatic rings. The number of nitrogens with zero attached hydrogens (tertiary/aromatic N) is 2. The van der Waals surface area contributed by atoms with E-state index in [9.17, 15) is 4.79 Å². The molecule has 3 nitrogen and oxygen atoms in total. The van der Waals surface area contributed by atoms with Crippen molar-refractivity contribution >= 4 is 34.6 Å². The highest BCUT2D eigenvalue weighted by Crippen LogP contribution is 2.48. The smallest absolute Gasteiger partial charge is 0.243 e. The fourth-order valence-electron chi connectivity index (χ4n) is 3.69. The standard InChI is InChI=1S/C19H17ClN2O/c1-12-3-6-15(7-4-12)22-10-9-19(18(22)23)13(2)21-17-8-5-14(20)11-16(17)19/h3-8,11H,9-10H2,1-2H3. The van der Waals surface area contributed by atoms with E-state index in [-0.39, 0.29) is 5.91 Å². The summed E-state index contributed by atoms with van der Waals surface area (Å²) in [6.45, 7) is 4.69. The molecule has 1 unspecified atom stereocenters. The van der Waals surface area contributed by atoms with E-state index in [1.807, 2.05) is 61.2 Å². The topological polar surface area (TPSA) is 32.7 Å². The van der Waals surface area contributed by atoms with Gasteiger partial charge in [-0.3, -0.25) is 9.79 Å². The highest BCUT2D eigenvalue weighted by molar-refractivity contribution is 6.31. The first-order chi connectivity index (χ1) is 11.0. The Morgan fingerprint density at radius 3 is 2.61 bits per heavy atom. The van der Waals surface area contributed by atoms with E-state index in [1.54, 1.807) is 0 Å². The Labute approximate surface area is 140 Å². The quantitative estimate of drug-likeness (QED) is 0.763. The van der Waals surface area contributed by atoms with Crippen molar-refractivity contribution < 1.29 is 4.79 Å². The molecule has 1 amide bonds. The maximum Gasteiger partial charge on any atom is 0.243 e. The van der Waals surface area contributed by atoms with Crippen LogP contribution in [-0.4, -0.2) is 18.2 Å². The number of carbonyl (C=O) groups excluding carboxylic acids is 1. The Bertz CT molecular complexity index is 841. The summed E-state index contributed by atoms with van der Waals surface area (Å²) in [6.07, 6.45) is 0.738. The van der Waals surface area contributed by atoms with E-state index < -0.39 is 5.41 Å². The summed E-state index contributed by atoms with van der Waals surface area (Å²) in [7, 11) is 0. The maximum absolute atomic E-state index is 13.3. The van der Waals surface area contributed by atoms with Crippen LogP contribution in [0, 0.1) is 6.92 Å². The monoisotopic (exact) mass is 324 g/mol. The Morgan fingerprint density at radius 1 is 1.13 bits per heavy atom. The van der Waals surface area contributed by atoms with Crippen LogP contribution in [0.25, 0.3) is 0 Å². The van der Waals surface area contributed by atoms with Crippen LogP contribution in [0.1, 0.15) is 24.5 Å². The van der Waals surface area contributed by atoms with Gasteiger partial charge in [-0.05, 0) is 50.6 Å². The van der Waals surface area contributed by atoms with E-state index >= 15 is 0 Å². The van der Waals surface area contributed by atoms with Crippen molar-refractivity contribution in [2.24, 2.45) is 4.99 Å². The molecule has 0 radical (unpaired) electrons. The molecule has 2 aromatic rings. The van der Waals surface area contributed by atoms with Gasteiger partial charge in [0.15, 0.2) is 0 Å². The first-order valence-corrected chi connectivity index (χ1v) is 8.14. The van der Waals surface area contributed by atoms with Gasteiger partial charge in [0.25, 0.3) is 0 Å². The van der Waals surface area contributed by atoms with Gasteiger partial charge in [0.1, 0.15) is 5.41 Å². The number of amides is 1. The Kier molecular flexibility index (Phi) is 3.10. The van der Waals surface area contributed by atoms with Crippen molar-refractivity contribution in [3.05, 3.63) is 58.6 Å². The number of carbonyl (C=O) groups is 1. The summed E-state index contributed by atoms with van der Waals surface area (Å²) < 4.78 is 0. The molecule has 23 heavy (non-hydrogen) atoms. The first-order valence-electron chi connectivity index (χ1n) is 7.77. The number of aryl methyl sites for hydroxylation is 1. The molecule has 116 valence electrons. The summed E-state index contributed by atoms with van der Waals surface area (Å²) in [5.74, 6) is 0.101. The van der Waals surface area contributed by atoms with Gasteiger partial charge in [-0.25, -0.2) is 0 Å². The lowest BCUT2D eigenvalue weighted by Gasteiger charge is -2.25. The summed E-state index contributed by atoms with van der Waals surface area (Å²) in [5.41, 5.74) is 4.17. The third-order valence-corrected chi connectivity index (χ3v) is 5.23. The molecule has 4 rings (SSSR count). The molecule has 4 heteroatoms. The zero-order valence-corrected chi connectivity index (χ0v) is 13.9. The first kappa shape index (κ1) is 14.5. The number of aliphatic imine (C=N–C) groups is 1. The molecule has 1 spiro atoms. The molecule has 1 atom stereocenters. The van der Waals surface area contributed by atoms with Crippen LogP contribution in [-0.2, 0) is 10.2 Å². The summed E-state index contributed by atoms with van der Waals surface area (Å²) >= 11 is 6.18. The van der Waals surface area contributed by atoms with Gasteiger partial charge in [0.2, 0.25) is 5.91 Å². The van der Waals surface area contributed by atoms with Gasteiger partial charge >= 0.3 is 0 Å². The van der Waals surface area contributed by atoms with Crippen LogP contribution in [0.15, 0.2) is 47.5 Å². The van der Waals surface area contributed by atoms with Crippen molar-refractivity contribution in [3.8, 4) is 0 Å². The van der Waals surface area contributed by atoms with Gasteiger partial charge < -0.3 is 4.90 Å². The van der Waals surface area contributed by atoms with Crippen molar-refractivity contribution in [1.82, 2.24) is 0 Å². The fourth-order valence-corrected chi connectivity index (χ4v) is 3.87. The van der Waals surface area contributed by atoms with Crippen LogP contribution < -0.4 is 4.90 Å². The number of anilines is 1. The number of fused-ring (bicyclic) bond motifs is 2. The van der Waals surface area contributed by atoms with E-state index in [4.69, 9.17) is 11.6 Å². The van der Waals surface area contributed by atoms with Gasteiger partial charge in [0, 0.05) is 28.5 Å². The molecule has 2 aliphatic heterocycles. The van der Waals surface area contributed by atoms with Crippen LogP contribution in [0.3, 0.4) is 0 Å². The van der Waals surface area contributed by atoms with Gasteiger partial charge in [-0.1, -0.05) is 29.3 Å². The molecular formula is C19H17ClN2O. The molecule has 0 bridgehead atoms. The molecule has 2 aromatic carbocycles. The second-order valence-corrected chi connectivity index (χ2v) is 6.74. The summed E-state index contributed by atoms with van der Waals surface area (Å²) in [4.78, 5) is 19.8. The molecule has 2 heterocycles. The minimum atomic E-state index is -0.648. The SMILES string of the molecule is CC1=Nc2ccc(Cl)cc2C12CCN(c1ccc(C)cc1)C2=O. The third-order valence-electron chi connectivity index (χ3n) is 4.99. The molecular weight excluding hydrogens is 308 g/mol. The highest BCUT2D eigenvalue weighted by atomic mass is 35.5. The Balaban J connectivity index is 1.80. The zero-order valence-electron chi connectivity index (χ0n) is 13.1. The molecule has 0 saturated carbocycles. The minimum Gasteiger partial charge on any atom is -0.311 e. The highest BCUT2D eigenvalue weighted by Gasteiger charge is 2.54. The average molecular weight is 325 g/mol. The van der Waals surface area contributed by atoms with Crippen molar-refractivity contribution in [2.75, 3.05) is 11.4 Å². The predicted octanol–water partition coefficient (Wildman–Crippen LogP) is 4.43. The molecule has 1 fully saturated rings.